The topological polar surface area (TPSA) is 96.5 Å². The lowest BCUT2D eigenvalue weighted by Crippen LogP contribution is -2.33. The summed E-state index contributed by atoms with van der Waals surface area (Å²) in [5.74, 6) is -0.243. The van der Waals surface area contributed by atoms with E-state index < -0.39 is 10.0 Å². The zero-order valence-corrected chi connectivity index (χ0v) is 15.1. The van der Waals surface area contributed by atoms with Crippen LogP contribution in [0.3, 0.4) is 0 Å². The number of hydrogen-bond acceptors (Lipinski definition) is 5. The normalized spacial score (nSPS) is 10.9. The van der Waals surface area contributed by atoms with Crippen LogP contribution in [0, 0.1) is 6.92 Å². The second kappa shape index (κ2) is 10.6. The fourth-order valence-corrected chi connectivity index (χ4v) is 2.81. The zero-order chi connectivity index (χ0) is 16.6. The molecule has 1 aromatic rings. The highest BCUT2D eigenvalue weighted by atomic mass is 35.5. The number of aryl methyl sites for hydroxylation is 1. The van der Waals surface area contributed by atoms with Gasteiger partial charge in [0.2, 0.25) is 15.9 Å². The van der Waals surface area contributed by atoms with Crippen LogP contribution >= 0.6 is 12.4 Å². The van der Waals surface area contributed by atoms with E-state index in [9.17, 15) is 13.2 Å². The summed E-state index contributed by atoms with van der Waals surface area (Å²) in [6.45, 7) is 5.20. The Hall–Kier alpha value is -1.19. The van der Waals surface area contributed by atoms with E-state index in [4.69, 9.17) is 4.74 Å². The Balaban J connectivity index is 0.00000484. The lowest BCUT2D eigenvalue weighted by molar-refractivity contribution is -0.114. The van der Waals surface area contributed by atoms with E-state index in [0.717, 1.165) is 5.56 Å². The third-order valence-corrected chi connectivity index (χ3v) is 4.37. The van der Waals surface area contributed by atoms with Crippen LogP contribution in [0.4, 0.5) is 5.69 Å². The summed E-state index contributed by atoms with van der Waals surface area (Å²) in [7, 11) is -2.00. The minimum Gasteiger partial charge on any atom is -0.383 e. The van der Waals surface area contributed by atoms with Crippen LogP contribution in [0.15, 0.2) is 23.1 Å². The van der Waals surface area contributed by atoms with Crippen molar-refractivity contribution in [2.75, 3.05) is 38.7 Å². The summed E-state index contributed by atoms with van der Waals surface area (Å²) >= 11 is 0. The number of carbonyl (C=O) groups excluding carboxylic acids is 1. The molecule has 0 aliphatic rings. The highest BCUT2D eigenvalue weighted by molar-refractivity contribution is 7.89. The molecule has 132 valence electrons. The Morgan fingerprint density at radius 2 is 1.91 bits per heavy atom. The predicted molar refractivity (Wildman–Crippen MR) is 92.7 cm³/mol. The number of ether oxygens (including phenoxy) is 1. The van der Waals surface area contributed by atoms with Crippen LogP contribution in [0.2, 0.25) is 0 Å². The third-order valence-electron chi connectivity index (χ3n) is 2.91. The van der Waals surface area contributed by atoms with E-state index in [-0.39, 0.29) is 29.8 Å². The fourth-order valence-electron chi connectivity index (χ4n) is 1.75. The molecule has 9 heteroatoms. The minimum atomic E-state index is -3.60. The molecule has 0 radical (unpaired) electrons. The van der Waals surface area contributed by atoms with Crippen molar-refractivity contribution in [1.82, 2.24) is 10.0 Å². The molecule has 0 aliphatic heterocycles. The Labute approximate surface area is 143 Å². The van der Waals surface area contributed by atoms with Crippen molar-refractivity contribution in [3.8, 4) is 0 Å². The summed E-state index contributed by atoms with van der Waals surface area (Å²) in [4.78, 5) is 11.3. The maximum absolute atomic E-state index is 12.2. The zero-order valence-electron chi connectivity index (χ0n) is 13.5. The van der Waals surface area contributed by atoms with E-state index in [1.807, 2.05) is 0 Å². The highest BCUT2D eigenvalue weighted by Crippen LogP contribution is 2.20. The second-order valence-corrected chi connectivity index (χ2v) is 6.57. The molecule has 1 amide bonds. The first kappa shape index (κ1) is 21.8. The van der Waals surface area contributed by atoms with Gasteiger partial charge in [0.1, 0.15) is 0 Å². The number of rotatable bonds is 9. The van der Waals surface area contributed by atoms with E-state index >= 15 is 0 Å². The van der Waals surface area contributed by atoms with Crippen molar-refractivity contribution in [2.24, 2.45) is 0 Å². The number of hydrogen-bond donors (Lipinski definition) is 3. The van der Waals surface area contributed by atoms with Gasteiger partial charge in [0.05, 0.1) is 11.5 Å². The molecule has 0 fully saturated rings. The van der Waals surface area contributed by atoms with E-state index in [2.05, 4.69) is 15.4 Å². The van der Waals surface area contributed by atoms with Gasteiger partial charge in [0, 0.05) is 39.4 Å². The Morgan fingerprint density at radius 3 is 2.52 bits per heavy atom. The van der Waals surface area contributed by atoms with Crippen LogP contribution in [0.5, 0.6) is 0 Å². The van der Waals surface area contributed by atoms with Crippen LogP contribution in [0.25, 0.3) is 0 Å². The van der Waals surface area contributed by atoms with Crippen molar-refractivity contribution in [1.29, 1.82) is 0 Å². The molecular formula is C14H24ClN3O4S. The molecule has 0 aliphatic carbocycles. The van der Waals surface area contributed by atoms with E-state index in [0.29, 0.717) is 25.4 Å². The van der Waals surface area contributed by atoms with Gasteiger partial charge >= 0.3 is 0 Å². The van der Waals surface area contributed by atoms with Crippen LogP contribution in [0.1, 0.15) is 12.5 Å². The fraction of sp³-hybridized carbons (Fsp3) is 0.500. The van der Waals surface area contributed by atoms with E-state index in [1.165, 1.54) is 19.1 Å². The van der Waals surface area contributed by atoms with Gasteiger partial charge in [-0.05, 0) is 24.6 Å². The lowest BCUT2D eigenvalue weighted by Gasteiger charge is -2.11. The molecule has 0 bridgehead atoms. The first-order valence-corrected chi connectivity index (χ1v) is 8.42. The van der Waals surface area contributed by atoms with Gasteiger partial charge in [-0.2, -0.15) is 0 Å². The molecule has 1 aromatic carbocycles. The quantitative estimate of drug-likeness (QED) is 0.565. The molecule has 23 heavy (non-hydrogen) atoms. The predicted octanol–water partition coefficient (Wildman–Crippen LogP) is 0.890. The van der Waals surface area contributed by atoms with Crippen LogP contribution in [-0.2, 0) is 19.6 Å². The Morgan fingerprint density at radius 1 is 1.22 bits per heavy atom. The van der Waals surface area contributed by atoms with Crippen molar-refractivity contribution in [3.05, 3.63) is 23.8 Å². The maximum Gasteiger partial charge on any atom is 0.240 e. The standard InChI is InChI=1S/C14H23N3O4S.ClH/c1-11-4-5-13(10-14(11)17-12(2)18)22(19,20)16-7-6-15-8-9-21-3;/h4-5,10,15-16H,6-9H2,1-3H3,(H,17,18);1H. The monoisotopic (exact) mass is 365 g/mol. The summed E-state index contributed by atoms with van der Waals surface area (Å²) in [5.41, 5.74) is 1.30. The molecule has 0 saturated carbocycles. The van der Waals surface area contributed by atoms with Gasteiger partial charge in [0.25, 0.3) is 0 Å². The summed E-state index contributed by atoms with van der Waals surface area (Å²) < 4.78 is 31.8. The molecule has 0 saturated heterocycles. The molecule has 0 aromatic heterocycles. The third kappa shape index (κ3) is 7.76. The maximum atomic E-state index is 12.2. The SMILES string of the molecule is COCCNCCNS(=O)(=O)c1ccc(C)c(NC(C)=O)c1.Cl. The lowest BCUT2D eigenvalue weighted by atomic mass is 10.2. The Kier molecular flexibility index (Phi) is 10.0. The van der Waals surface area contributed by atoms with Gasteiger partial charge in [-0.25, -0.2) is 13.1 Å². The van der Waals surface area contributed by atoms with Crippen molar-refractivity contribution < 1.29 is 17.9 Å². The summed E-state index contributed by atoms with van der Waals surface area (Å²) in [6.07, 6.45) is 0. The summed E-state index contributed by atoms with van der Waals surface area (Å²) in [5, 5.41) is 5.67. The van der Waals surface area contributed by atoms with Gasteiger partial charge in [-0.15, -0.1) is 12.4 Å². The first-order chi connectivity index (χ1) is 10.4. The average molecular weight is 366 g/mol. The number of sulfonamides is 1. The second-order valence-electron chi connectivity index (χ2n) is 4.80. The van der Waals surface area contributed by atoms with Crippen molar-refractivity contribution in [2.45, 2.75) is 18.7 Å². The van der Waals surface area contributed by atoms with Gasteiger partial charge in [-0.3, -0.25) is 4.79 Å². The minimum absolute atomic E-state index is 0. The van der Waals surface area contributed by atoms with Gasteiger partial charge in [-0.1, -0.05) is 6.07 Å². The molecule has 0 unspecified atom stereocenters. The molecule has 7 nitrogen and oxygen atoms in total. The first-order valence-electron chi connectivity index (χ1n) is 6.94. The molecule has 1 rings (SSSR count). The number of carbonyl (C=O) groups is 1. The summed E-state index contributed by atoms with van der Waals surface area (Å²) in [6, 6.07) is 4.63. The van der Waals surface area contributed by atoms with E-state index in [1.54, 1.807) is 20.1 Å². The highest BCUT2D eigenvalue weighted by Gasteiger charge is 2.15. The molecule has 0 heterocycles. The van der Waals surface area contributed by atoms with Gasteiger partial charge < -0.3 is 15.4 Å². The van der Waals surface area contributed by atoms with Crippen molar-refractivity contribution in [3.63, 3.8) is 0 Å². The number of nitrogens with one attached hydrogen (secondary N) is 3. The number of methoxy groups -OCH3 is 1. The number of anilines is 1. The largest absolute Gasteiger partial charge is 0.383 e. The smallest absolute Gasteiger partial charge is 0.240 e. The number of halogens is 1. The molecule has 0 spiro atoms. The van der Waals surface area contributed by atoms with Gasteiger partial charge in [0.15, 0.2) is 0 Å². The van der Waals surface area contributed by atoms with Crippen molar-refractivity contribution >= 4 is 34.0 Å². The Bertz CT molecular complexity index is 608. The molecular weight excluding hydrogens is 342 g/mol. The molecule has 3 N–H and O–H groups in total. The number of benzene rings is 1. The molecule has 0 atom stereocenters. The average Bonchev–Trinajstić information content (AvgIpc) is 2.44. The van der Waals surface area contributed by atoms with Crippen LogP contribution in [-0.4, -0.2) is 47.7 Å². The number of amides is 1. The van der Waals surface area contributed by atoms with Crippen LogP contribution < -0.4 is 15.4 Å².